The van der Waals surface area contributed by atoms with Gasteiger partial charge in [0.2, 0.25) is 11.8 Å². The Labute approximate surface area is 113 Å². The van der Waals surface area contributed by atoms with Crippen molar-refractivity contribution >= 4 is 15.9 Å². The maximum atomic E-state index is 13.4. The highest BCUT2D eigenvalue weighted by molar-refractivity contribution is 9.10. The lowest BCUT2D eigenvalue weighted by Crippen LogP contribution is -2.08. The van der Waals surface area contributed by atoms with E-state index in [1.165, 1.54) is 6.07 Å². The topological polar surface area (TPSA) is 51.0 Å². The number of aryl methyl sites for hydroxylation is 1. The number of hydrogen-bond donors (Lipinski definition) is 1. The lowest BCUT2D eigenvalue weighted by atomic mass is 10.2. The summed E-state index contributed by atoms with van der Waals surface area (Å²) in [5.74, 6) is 0.555. The van der Waals surface area contributed by atoms with E-state index in [1.807, 2.05) is 7.05 Å². The molecule has 1 aromatic carbocycles. The molecule has 0 radical (unpaired) electrons. The summed E-state index contributed by atoms with van der Waals surface area (Å²) in [6.45, 7) is 0.890. The molecule has 2 rings (SSSR count). The quantitative estimate of drug-likeness (QED) is 0.862. The van der Waals surface area contributed by atoms with E-state index >= 15 is 0 Å². The Morgan fingerprint density at radius 3 is 3.00 bits per heavy atom. The molecule has 0 amide bonds. The molecule has 0 saturated heterocycles. The van der Waals surface area contributed by atoms with Gasteiger partial charge < -0.3 is 9.73 Å². The first-order valence-corrected chi connectivity index (χ1v) is 6.43. The van der Waals surface area contributed by atoms with E-state index in [0.29, 0.717) is 28.2 Å². The van der Waals surface area contributed by atoms with Crippen molar-refractivity contribution in [1.29, 1.82) is 0 Å². The van der Waals surface area contributed by atoms with E-state index < -0.39 is 0 Å². The predicted molar refractivity (Wildman–Crippen MR) is 69.6 cm³/mol. The molecule has 0 fully saturated rings. The van der Waals surface area contributed by atoms with E-state index in [1.54, 1.807) is 12.1 Å². The van der Waals surface area contributed by atoms with Crippen molar-refractivity contribution < 1.29 is 8.81 Å². The second kappa shape index (κ2) is 6.06. The summed E-state index contributed by atoms with van der Waals surface area (Å²) >= 11 is 3.18. The van der Waals surface area contributed by atoms with E-state index in [-0.39, 0.29) is 5.82 Å². The predicted octanol–water partition coefficient (Wildman–Crippen LogP) is 2.79. The molecular weight excluding hydrogens is 301 g/mol. The molecule has 0 unspecified atom stereocenters. The van der Waals surface area contributed by atoms with Crippen molar-refractivity contribution in [3.05, 3.63) is 34.4 Å². The van der Waals surface area contributed by atoms with Gasteiger partial charge in [-0.2, -0.15) is 0 Å². The number of nitrogens with one attached hydrogen (secondary N) is 1. The van der Waals surface area contributed by atoms with Crippen LogP contribution >= 0.6 is 15.9 Å². The number of nitrogens with zero attached hydrogens (tertiary/aromatic N) is 2. The van der Waals surface area contributed by atoms with E-state index in [0.717, 1.165) is 13.0 Å². The molecule has 0 spiro atoms. The van der Waals surface area contributed by atoms with Gasteiger partial charge in [-0.15, -0.1) is 10.2 Å². The van der Waals surface area contributed by atoms with E-state index in [2.05, 4.69) is 31.4 Å². The van der Waals surface area contributed by atoms with Crippen molar-refractivity contribution in [1.82, 2.24) is 15.5 Å². The molecule has 4 nitrogen and oxygen atoms in total. The van der Waals surface area contributed by atoms with E-state index in [9.17, 15) is 4.39 Å². The van der Waals surface area contributed by atoms with Crippen LogP contribution in [0.25, 0.3) is 11.5 Å². The molecule has 96 valence electrons. The van der Waals surface area contributed by atoms with Gasteiger partial charge in [-0.1, -0.05) is 6.07 Å². The van der Waals surface area contributed by atoms with Crippen molar-refractivity contribution in [3.63, 3.8) is 0 Å². The van der Waals surface area contributed by atoms with Gasteiger partial charge in [-0.05, 0) is 48.1 Å². The standard InChI is InChI=1S/C12H13BrFN3O/c1-15-7-3-6-10-16-17-12(18-10)8-4-2-5-9(14)11(8)13/h2,4-5,15H,3,6-7H2,1H3. The zero-order chi connectivity index (χ0) is 13.0. The summed E-state index contributed by atoms with van der Waals surface area (Å²) in [6.07, 6.45) is 1.63. The first-order valence-electron chi connectivity index (χ1n) is 5.63. The molecule has 1 heterocycles. The molecular formula is C12H13BrFN3O. The van der Waals surface area contributed by atoms with Crippen LogP contribution in [-0.4, -0.2) is 23.8 Å². The SMILES string of the molecule is CNCCCc1nnc(-c2cccc(F)c2Br)o1. The molecule has 2 aromatic rings. The number of halogens is 2. The van der Waals surface area contributed by atoms with Gasteiger partial charge in [0.15, 0.2) is 0 Å². The molecule has 1 N–H and O–H groups in total. The molecule has 0 aliphatic rings. The number of hydrogen-bond acceptors (Lipinski definition) is 4. The fourth-order valence-electron chi connectivity index (χ4n) is 1.55. The number of benzene rings is 1. The van der Waals surface area contributed by atoms with Crippen LogP contribution in [0.4, 0.5) is 4.39 Å². The minimum Gasteiger partial charge on any atom is -0.421 e. The molecule has 0 atom stereocenters. The summed E-state index contributed by atoms with van der Waals surface area (Å²) in [5.41, 5.74) is 0.572. The zero-order valence-electron chi connectivity index (χ0n) is 9.91. The minimum atomic E-state index is -0.345. The van der Waals surface area contributed by atoms with Crippen LogP contribution < -0.4 is 5.32 Å². The van der Waals surface area contributed by atoms with Crippen molar-refractivity contribution in [2.45, 2.75) is 12.8 Å². The molecule has 6 heteroatoms. The molecule has 0 aliphatic heterocycles. The minimum absolute atomic E-state index is 0.334. The summed E-state index contributed by atoms with van der Waals surface area (Å²) in [4.78, 5) is 0. The summed E-state index contributed by atoms with van der Waals surface area (Å²) in [6, 6.07) is 4.72. The Morgan fingerprint density at radius 1 is 1.39 bits per heavy atom. The van der Waals surface area contributed by atoms with Crippen molar-refractivity contribution in [2.75, 3.05) is 13.6 Å². The maximum absolute atomic E-state index is 13.4. The Kier molecular flexibility index (Phi) is 4.43. The van der Waals surface area contributed by atoms with Gasteiger partial charge in [0.1, 0.15) is 5.82 Å². The summed E-state index contributed by atoms with van der Waals surface area (Å²) < 4.78 is 19.2. The average Bonchev–Trinajstić information content (AvgIpc) is 2.82. The Hall–Kier alpha value is -1.27. The second-order valence-electron chi connectivity index (χ2n) is 3.81. The first kappa shape index (κ1) is 13.2. The average molecular weight is 314 g/mol. The smallest absolute Gasteiger partial charge is 0.248 e. The molecule has 1 aromatic heterocycles. The molecule has 0 bridgehead atoms. The zero-order valence-corrected chi connectivity index (χ0v) is 11.5. The third-order valence-electron chi connectivity index (χ3n) is 2.47. The van der Waals surface area contributed by atoms with Gasteiger partial charge >= 0.3 is 0 Å². The van der Waals surface area contributed by atoms with Crippen LogP contribution in [0, 0.1) is 5.82 Å². The van der Waals surface area contributed by atoms with Crippen LogP contribution in [-0.2, 0) is 6.42 Å². The summed E-state index contributed by atoms with van der Waals surface area (Å²) in [7, 11) is 1.89. The molecule has 0 aliphatic carbocycles. The third-order valence-corrected chi connectivity index (χ3v) is 3.27. The molecule has 0 saturated carbocycles. The van der Waals surface area contributed by atoms with Crippen LogP contribution in [0.2, 0.25) is 0 Å². The van der Waals surface area contributed by atoms with Crippen LogP contribution in [0.1, 0.15) is 12.3 Å². The monoisotopic (exact) mass is 313 g/mol. The van der Waals surface area contributed by atoms with Gasteiger partial charge in [-0.3, -0.25) is 0 Å². The highest BCUT2D eigenvalue weighted by Gasteiger charge is 2.13. The van der Waals surface area contributed by atoms with Gasteiger partial charge in [0, 0.05) is 6.42 Å². The summed E-state index contributed by atoms with van der Waals surface area (Å²) in [5, 5.41) is 10.9. The fourth-order valence-corrected chi connectivity index (χ4v) is 1.98. The van der Waals surface area contributed by atoms with Crippen molar-refractivity contribution in [3.8, 4) is 11.5 Å². The first-order chi connectivity index (χ1) is 8.72. The largest absolute Gasteiger partial charge is 0.421 e. The highest BCUT2D eigenvalue weighted by Crippen LogP contribution is 2.29. The second-order valence-corrected chi connectivity index (χ2v) is 4.60. The molecule has 18 heavy (non-hydrogen) atoms. The fraction of sp³-hybridized carbons (Fsp3) is 0.333. The van der Waals surface area contributed by atoms with Crippen molar-refractivity contribution in [2.24, 2.45) is 0 Å². The lowest BCUT2D eigenvalue weighted by Gasteiger charge is -1.99. The Bertz CT molecular complexity index is 530. The normalized spacial score (nSPS) is 10.8. The van der Waals surface area contributed by atoms with Crippen LogP contribution in [0.15, 0.2) is 27.1 Å². The van der Waals surface area contributed by atoms with Gasteiger partial charge in [0.05, 0.1) is 10.0 Å². The number of rotatable bonds is 5. The lowest BCUT2D eigenvalue weighted by molar-refractivity contribution is 0.494. The van der Waals surface area contributed by atoms with Crippen LogP contribution in [0.5, 0.6) is 0 Å². The Balaban J connectivity index is 2.16. The highest BCUT2D eigenvalue weighted by atomic mass is 79.9. The maximum Gasteiger partial charge on any atom is 0.248 e. The van der Waals surface area contributed by atoms with Gasteiger partial charge in [-0.25, -0.2) is 4.39 Å². The number of aromatic nitrogens is 2. The van der Waals surface area contributed by atoms with E-state index in [4.69, 9.17) is 4.42 Å². The van der Waals surface area contributed by atoms with Gasteiger partial charge in [0.25, 0.3) is 0 Å². The van der Waals surface area contributed by atoms with Crippen LogP contribution in [0.3, 0.4) is 0 Å². The third kappa shape index (κ3) is 2.94. The Morgan fingerprint density at radius 2 is 2.22 bits per heavy atom.